The van der Waals surface area contributed by atoms with E-state index >= 15 is 0 Å². The molecule has 0 saturated carbocycles. The van der Waals surface area contributed by atoms with Crippen LogP contribution in [0.3, 0.4) is 0 Å². The Morgan fingerprint density at radius 3 is 2.33 bits per heavy atom. The second-order valence-corrected chi connectivity index (χ2v) is 3.04. The summed E-state index contributed by atoms with van der Waals surface area (Å²) in [6.45, 7) is 0. The number of hydrogen-bond donors (Lipinski definition) is 2. The van der Waals surface area contributed by atoms with Crippen LogP contribution in [-0.2, 0) is 15.5 Å². The van der Waals surface area contributed by atoms with Gasteiger partial charge in [0.2, 0.25) is 0 Å². The van der Waals surface area contributed by atoms with Crippen LogP contribution in [0.25, 0.3) is 0 Å². The fourth-order valence-corrected chi connectivity index (χ4v) is 1.16. The molecule has 0 amide bonds. The Morgan fingerprint density at radius 1 is 1.22 bits per heavy atom. The average molecular weight is 200 g/mol. The Morgan fingerprint density at radius 2 is 1.89 bits per heavy atom. The van der Waals surface area contributed by atoms with Crippen molar-refractivity contribution in [3.8, 4) is 0 Å². The third-order valence-corrected chi connectivity index (χ3v) is 2.55. The van der Waals surface area contributed by atoms with Gasteiger partial charge in [0.15, 0.2) is 0 Å². The first kappa shape index (κ1) is 7.52. The predicted molar refractivity (Wildman–Crippen MR) is 40.6 cm³/mol. The maximum atomic E-state index is 4.63. The van der Waals surface area contributed by atoms with Crippen LogP contribution in [0.2, 0.25) is 0 Å². The topological polar surface area (TPSA) is 0 Å². The predicted octanol–water partition coefficient (Wildman–Crippen LogP) is 1.44. The van der Waals surface area contributed by atoms with Crippen molar-refractivity contribution in [3.05, 3.63) is 18.2 Å². The third kappa shape index (κ3) is 1.67. The molecule has 0 aliphatic rings. The van der Waals surface area contributed by atoms with E-state index in [-0.39, 0.29) is 0 Å². The Balaban J connectivity index is 3.25. The second kappa shape index (κ2) is 3.00. The van der Waals surface area contributed by atoms with Gasteiger partial charge in [0.05, 0.1) is 0 Å². The summed E-state index contributed by atoms with van der Waals surface area (Å²) >= 11 is 12.9. The van der Waals surface area contributed by atoms with E-state index in [1.165, 1.54) is 0 Å². The van der Waals surface area contributed by atoms with Gasteiger partial charge in [-0.25, -0.2) is 0 Å². The molecule has 0 saturated heterocycles. The van der Waals surface area contributed by atoms with E-state index in [1.54, 1.807) is 0 Å². The molecule has 0 nitrogen and oxygen atoms in total. The number of rotatable bonds is 0. The van der Waals surface area contributed by atoms with Gasteiger partial charge in [0.25, 0.3) is 0 Å². The van der Waals surface area contributed by atoms with Crippen LogP contribution < -0.4 is 4.53 Å². The van der Waals surface area contributed by atoms with Gasteiger partial charge < -0.3 is 0 Å². The van der Waals surface area contributed by atoms with Gasteiger partial charge in [-0.05, 0) is 0 Å². The summed E-state index contributed by atoms with van der Waals surface area (Å²) in [5.41, 5.74) is 0. The molecular formula is C6H5NiS2. The molecule has 1 rings (SSSR count). The van der Waals surface area contributed by atoms with Gasteiger partial charge in [-0.2, -0.15) is 0 Å². The molecule has 0 unspecified atom stereocenters. The van der Waals surface area contributed by atoms with E-state index in [2.05, 4.69) is 40.7 Å². The van der Waals surface area contributed by atoms with Crippen molar-refractivity contribution >= 4 is 29.8 Å². The fraction of sp³-hybridized carbons (Fsp3) is 0. The van der Waals surface area contributed by atoms with Gasteiger partial charge in [0.1, 0.15) is 0 Å². The summed E-state index contributed by atoms with van der Waals surface area (Å²) in [6, 6.07) is 5.59. The zero-order chi connectivity index (χ0) is 6.85. The number of thiol groups is 2. The zero-order valence-electron chi connectivity index (χ0n) is 4.44. The number of benzene rings is 1. The van der Waals surface area contributed by atoms with E-state index in [1.807, 2.05) is 18.2 Å². The first-order valence-corrected chi connectivity index (χ1v) is 3.74. The average Bonchev–Trinajstić information content (AvgIpc) is 1.83. The molecular weight excluding hydrogens is 195 g/mol. The van der Waals surface area contributed by atoms with Crippen LogP contribution in [0.4, 0.5) is 0 Å². The molecule has 51 valence electrons. The Bertz CT molecular complexity index is 202. The van der Waals surface area contributed by atoms with Gasteiger partial charge in [-0.1, -0.05) is 0 Å². The van der Waals surface area contributed by atoms with Gasteiger partial charge in [-0.15, -0.1) is 0 Å². The van der Waals surface area contributed by atoms with Crippen molar-refractivity contribution < 1.29 is 15.5 Å². The third-order valence-electron chi connectivity index (χ3n) is 0.941. The van der Waals surface area contributed by atoms with Crippen LogP contribution in [-0.4, -0.2) is 0 Å². The Labute approximate surface area is 73.2 Å². The van der Waals surface area contributed by atoms with Crippen LogP contribution in [0.15, 0.2) is 28.0 Å². The van der Waals surface area contributed by atoms with E-state index in [4.69, 9.17) is 0 Å². The second-order valence-electron chi connectivity index (χ2n) is 1.57. The fourth-order valence-electron chi connectivity index (χ4n) is 0.490. The maximum absolute atomic E-state index is 4.63. The quantitative estimate of drug-likeness (QED) is 0.459. The summed E-state index contributed by atoms with van der Waals surface area (Å²) in [4.78, 5) is 1.66. The molecule has 9 heavy (non-hydrogen) atoms. The van der Waals surface area contributed by atoms with Crippen molar-refractivity contribution in [3.63, 3.8) is 0 Å². The van der Waals surface area contributed by atoms with E-state index in [9.17, 15) is 0 Å². The molecule has 0 spiro atoms. The molecule has 1 aromatic carbocycles. The van der Waals surface area contributed by atoms with Crippen LogP contribution in [0.5, 0.6) is 0 Å². The summed E-state index contributed by atoms with van der Waals surface area (Å²) < 4.78 is 0.797. The SMILES string of the molecule is Sc1ccc[c]([Ni])c1S. The first-order chi connectivity index (χ1) is 4.22. The Hall–Kier alpha value is 0.414. The molecule has 0 heterocycles. The van der Waals surface area contributed by atoms with E-state index in [0.29, 0.717) is 0 Å². The molecule has 3 heteroatoms. The van der Waals surface area contributed by atoms with Crippen molar-refractivity contribution in [1.29, 1.82) is 0 Å². The molecule has 0 fully saturated rings. The zero-order valence-corrected chi connectivity index (χ0v) is 7.22. The Kier molecular flexibility index (Phi) is 2.51. The summed E-state index contributed by atoms with van der Waals surface area (Å²) in [5, 5.41) is 0. The molecule has 0 aromatic heterocycles. The van der Waals surface area contributed by atoms with Crippen LogP contribution in [0, 0.1) is 0 Å². The molecule has 0 bridgehead atoms. The first-order valence-electron chi connectivity index (χ1n) is 2.35. The van der Waals surface area contributed by atoms with Gasteiger partial charge >= 0.3 is 73.2 Å². The van der Waals surface area contributed by atoms with Crippen molar-refractivity contribution in [2.24, 2.45) is 0 Å². The van der Waals surface area contributed by atoms with Gasteiger partial charge in [-0.3, -0.25) is 0 Å². The van der Waals surface area contributed by atoms with E-state index in [0.717, 1.165) is 14.3 Å². The minimum atomic E-state index is 0.797. The number of hydrogen-bond acceptors (Lipinski definition) is 2. The van der Waals surface area contributed by atoms with Crippen LogP contribution >= 0.6 is 25.3 Å². The molecule has 0 atom stereocenters. The molecule has 0 radical (unpaired) electrons. The van der Waals surface area contributed by atoms with Gasteiger partial charge in [0, 0.05) is 0 Å². The molecule has 1 aromatic rings. The summed E-state index contributed by atoms with van der Waals surface area (Å²) in [5.74, 6) is 0. The molecule has 0 N–H and O–H groups in total. The van der Waals surface area contributed by atoms with E-state index < -0.39 is 0 Å². The summed E-state index contributed by atoms with van der Waals surface area (Å²) in [6.07, 6.45) is 0. The molecule has 0 aliphatic carbocycles. The molecule has 0 aliphatic heterocycles. The van der Waals surface area contributed by atoms with Crippen molar-refractivity contribution in [1.82, 2.24) is 0 Å². The normalized spacial score (nSPS) is 9.78. The van der Waals surface area contributed by atoms with Crippen molar-refractivity contribution in [2.75, 3.05) is 0 Å². The monoisotopic (exact) mass is 199 g/mol. The minimum absolute atomic E-state index is 0.797. The standard InChI is InChI=1S/C6H5S2.Ni/c7-5-3-1-2-4-6(5)8;/h1-3,7-8H;. The van der Waals surface area contributed by atoms with Crippen LogP contribution in [0.1, 0.15) is 0 Å². The van der Waals surface area contributed by atoms with Crippen molar-refractivity contribution in [2.45, 2.75) is 9.79 Å². The summed E-state index contributed by atoms with van der Waals surface area (Å²) in [7, 11) is 0.